The van der Waals surface area contributed by atoms with Crippen molar-refractivity contribution in [3.05, 3.63) is 17.7 Å². The number of ether oxygens (including phenoxy) is 2. The van der Waals surface area contributed by atoms with E-state index in [-0.39, 0.29) is 12.5 Å². The maximum atomic E-state index is 9.98. The summed E-state index contributed by atoms with van der Waals surface area (Å²) in [5.74, 6) is 1.73. The Hall–Kier alpha value is -1.46. The molecule has 1 aromatic carbocycles. The largest absolute Gasteiger partial charge is 0.507 e. The fourth-order valence-corrected chi connectivity index (χ4v) is 2.40. The number of hydrogen-bond acceptors (Lipinski definition) is 5. The van der Waals surface area contributed by atoms with Gasteiger partial charge in [0.15, 0.2) is 11.5 Å². The predicted octanol–water partition coefficient (Wildman–Crippen LogP) is 0.868. The van der Waals surface area contributed by atoms with Gasteiger partial charge in [-0.25, -0.2) is 0 Å². The van der Waals surface area contributed by atoms with Gasteiger partial charge in [-0.15, -0.1) is 0 Å². The van der Waals surface area contributed by atoms with E-state index in [4.69, 9.17) is 9.47 Å². The van der Waals surface area contributed by atoms with Gasteiger partial charge in [-0.1, -0.05) is 0 Å². The minimum absolute atomic E-state index is 0.245. The summed E-state index contributed by atoms with van der Waals surface area (Å²) in [4.78, 5) is 4.64. The molecule has 1 aromatic rings. The van der Waals surface area contributed by atoms with Gasteiger partial charge in [-0.3, -0.25) is 4.90 Å². The van der Waals surface area contributed by atoms with Gasteiger partial charge in [0.25, 0.3) is 0 Å². The number of piperazine rings is 1. The van der Waals surface area contributed by atoms with E-state index in [1.54, 1.807) is 12.1 Å². The highest BCUT2D eigenvalue weighted by molar-refractivity contribution is 5.54. The zero-order valence-electron chi connectivity index (χ0n) is 10.6. The average molecular weight is 250 g/mol. The van der Waals surface area contributed by atoms with E-state index in [9.17, 15) is 5.11 Å². The molecule has 1 N–H and O–H groups in total. The van der Waals surface area contributed by atoms with Gasteiger partial charge < -0.3 is 19.5 Å². The van der Waals surface area contributed by atoms with Crippen LogP contribution in [0.4, 0.5) is 0 Å². The van der Waals surface area contributed by atoms with Crippen molar-refractivity contribution in [3.8, 4) is 17.2 Å². The lowest BCUT2D eigenvalue weighted by molar-refractivity contribution is 0.143. The van der Waals surface area contributed by atoms with Gasteiger partial charge in [0.05, 0.1) is 5.56 Å². The van der Waals surface area contributed by atoms with Crippen LogP contribution in [0.15, 0.2) is 12.1 Å². The van der Waals surface area contributed by atoms with Crippen LogP contribution in [0, 0.1) is 0 Å². The van der Waals surface area contributed by atoms with Crippen LogP contribution in [-0.2, 0) is 6.54 Å². The third kappa shape index (κ3) is 2.11. The van der Waals surface area contributed by atoms with Gasteiger partial charge in [0.2, 0.25) is 6.79 Å². The summed E-state index contributed by atoms with van der Waals surface area (Å²) >= 11 is 0. The fourth-order valence-electron chi connectivity index (χ4n) is 2.40. The molecule has 0 amide bonds. The van der Waals surface area contributed by atoms with Gasteiger partial charge in [0, 0.05) is 32.7 Å². The van der Waals surface area contributed by atoms with Gasteiger partial charge in [-0.2, -0.15) is 0 Å². The van der Waals surface area contributed by atoms with Crippen molar-refractivity contribution >= 4 is 0 Å². The molecule has 0 aromatic heterocycles. The molecule has 0 radical (unpaired) electrons. The Morgan fingerprint density at radius 3 is 2.72 bits per heavy atom. The Morgan fingerprint density at radius 1 is 1.17 bits per heavy atom. The third-order valence-corrected chi connectivity index (χ3v) is 3.59. The first-order valence-corrected chi connectivity index (χ1v) is 6.25. The Balaban J connectivity index is 1.78. The zero-order valence-corrected chi connectivity index (χ0v) is 10.6. The molecule has 2 aliphatic heterocycles. The fraction of sp³-hybridized carbons (Fsp3) is 0.538. The van der Waals surface area contributed by atoms with E-state index < -0.39 is 0 Å². The van der Waals surface area contributed by atoms with Crippen LogP contribution >= 0.6 is 0 Å². The maximum absolute atomic E-state index is 9.98. The van der Waals surface area contributed by atoms with Crippen LogP contribution in [0.3, 0.4) is 0 Å². The Kier molecular flexibility index (Phi) is 3.01. The molecule has 0 unspecified atom stereocenters. The molecule has 1 saturated heterocycles. The van der Waals surface area contributed by atoms with E-state index in [1.165, 1.54) is 0 Å². The van der Waals surface area contributed by atoms with E-state index in [2.05, 4.69) is 16.8 Å². The summed E-state index contributed by atoms with van der Waals surface area (Å²) in [5, 5.41) is 9.98. The summed E-state index contributed by atoms with van der Waals surface area (Å²) < 4.78 is 10.8. The molecule has 5 nitrogen and oxygen atoms in total. The van der Waals surface area contributed by atoms with Crippen molar-refractivity contribution in [2.45, 2.75) is 6.54 Å². The number of phenols is 1. The standard InChI is InChI=1S/C13H18N2O3/c1-14-4-6-15(7-5-14)8-10-11(16)2-3-12-13(10)18-9-17-12/h2-3,16H,4-9H2,1H3. The molecular weight excluding hydrogens is 232 g/mol. The van der Waals surface area contributed by atoms with Crippen LogP contribution in [0.2, 0.25) is 0 Å². The van der Waals surface area contributed by atoms with Crippen molar-refractivity contribution in [2.75, 3.05) is 40.0 Å². The number of rotatable bonds is 2. The number of nitrogens with zero attached hydrogens (tertiary/aromatic N) is 2. The molecule has 3 rings (SSSR count). The predicted molar refractivity (Wildman–Crippen MR) is 67.0 cm³/mol. The molecule has 2 aliphatic rings. The highest BCUT2D eigenvalue weighted by atomic mass is 16.7. The third-order valence-electron chi connectivity index (χ3n) is 3.59. The molecule has 0 bridgehead atoms. The number of benzene rings is 1. The summed E-state index contributed by atoms with van der Waals surface area (Å²) in [5.41, 5.74) is 0.842. The molecule has 0 saturated carbocycles. The molecule has 1 fully saturated rings. The molecule has 0 aliphatic carbocycles. The topological polar surface area (TPSA) is 45.2 Å². The van der Waals surface area contributed by atoms with E-state index >= 15 is 0 Å². The van der Waals surface area contributed by atoms with Crippen LogP contribution in [-0.4, -0.2) is 54.9 Å². The highest BCUT2D eigenvalue weighted by Crippen LogP contribution is 2.40. The monoisotopic (exact) mass is 250 g/mol. The zero-order chi connectivity index (χ0) is 12.5. The lowest BCUT2D eigenvalue weighted by atomic mass is 10.1. The first-order valence-electron chi connectivity index (χ1n) is 6.25. The van der Waals surface area contributed by atoms with Crippen LogP contribution in [0.25, 0.3) is 0 Å². The Bertz CT molecular complexity index is 442. The second-order valence-electron chi connectivity index (χ2n) is 4.88. The van der Waals surface area contributed by atoms with Gasteiger partial charge in [0.1, 0.15) is 5.75 Å². The van der Waals surface area contributed by atoms with Gasteiger partial charge >= 0.3 is 0 Å². The molecule has 98 valence electrons. The summed E-state index contributed by atoms with van der Waals surface area (Å²) in [6.07, 6.45) is 0. The smallest absolute Gasteiger partial charge is 0.231 e. The normalized spacial score (nSPS) is 20.3. The van der Waals surface area contributed by atoms with Crippen molar-refractivity contribution in [1.29, 1.82) is 0 Å². The quantitative estimate of drug-likeness (QED) is 0.843. The Morgan fingerprint density at radius 2 is 1.94 bits per heavy atom. The summed E-state index contributed by atoms with van der Waals surface area (Å²) in [6.45, 7) is 5.11. The Labute approximate surface area is 107 Å². The minimum atomic E-state index is 0.245. The number of fused-ring (bicyclic) bond motifs is 1. The lowest BCUT2D eigenvalue weighted by Crippen LogP contribution is -2.43. The lowest BCUT2D eigenvalue weighted by Gasteiger charge is -2.32. The number of hydrogen-bond donors (Lipinski definition) is 1. The molecule has 2 heterocycles. The average Bonchev–Trinajstić information content (AvgIpc) is 2.84. The van der Waals surface area contributed by atoms with Gasteiger partial charge in [-0.05, 0) is 19.2 Å². The summed E-state index contributed by atoms with van der Waals surface area (Å²) in [7, 11) is 2.13. The van der Waals surface area contributed by atoms with Crippen molar-refractivity contribution < 1.29 is 14.6 Å². The van der Waals surface area contributed by atoms with Crippen LogP contribution in [0.1, 0.15) is 5.56 Å². The molecular formula is C13H18N2O3. The molecule has 0 atom stereocenters. The number of likely N-dealkylation sites (N-methyl/N-ethyl adjacent to an activating group) is 1. The number of phenolic OH excluding ortho intramolecular Hbond substituents is 1. The minimum Gasteiger partial charge on any atom is -0.507 e. The van der Waals surface area contributed by atoms with Crippen LogP contribution < -0.4 is 9.47 Å². The molecule has 18 heavy (non-hydrogen) atoms. The maximum Gasteiger partial charge on any atom is 0.231 e. The van der Waals surface area contributed by atoms with Crippen molar-refractivity contribution in [1.82, 2.24) is 9.80 Å². The van der Waals surface area contributed by atoms with Crippen molar-refractivity contribution in [2.24, 2.45) is 0 Å². The van der Waals surface area contributed by atoms with E-state index in [1.807, 2.05) is 0 Å². The number of aromatic hydroxyl groups is 1. The SMILES string of the molecule is CN1CCN(Cc2c(O)ccc3c2OCO3)CC1. The van der Waals surface area contributed by atoms with E-state index in [0.29, 0.717) is 12.3 Å². The summed E-state index contributed by atoms with van der Waals surface area (Å²) in [6, 6.07) is 3.43. The first kappa shape index (κ1) is 11.6. The second kappa shape index (κ2) is 4.66. The highest BCUT2D eigenvalue weighted by Gasteiger charge is 2.23. The second-order valence-corrected chi connectivity index (χ2v) is 4.88. The van der Waals surface area contributed by atoms with Crippen LogP contribution in [0.5, 0.6) is 17.2 Å². The molecule has 0 spiro atoms. The van der Waals surface area contributed by atoms with Crippen molar-refractivity contribution in [3.63, 3.8) is 0 Å². The van der Waals surface area contributed by atoms with E-state index in [0.717, 1.165) is 37.5 Å². The first-order chi connectivity index (χ1) is 8.74. The molecule has 5 heteroatoms.